The van der Waals surface area contributed by atoms with E-state index in [2.05, 4.69) is 9.97 Å². The lowest BCUT2D eigenvalue weighted by Gasteiger charge is -2.08. The number of imidazole rings is 1. The first kappa shape index (κ1) is 9.84. The number of benzene rings is 1. The molecule has 0 fully saturated rings. The van der Waals surface area contributed by atoms with E-state index < -0.39 is 0 Å². The Morgan fingerprint density at radius 2 is 2.00 bits per heavy atom. The van der Waals surface area contributed by atoms with Crippen LogP contribution in [0, 0.1) is 6.92 Å². The van der Waals surface area contributed by atoms with Crippen molar-refractivity contribution in [1.29, 1.82) is 0 Å². The fraction of sp³-hybridized carbons (Fsp3) is 0.0769. The van der Waals surface area contributed by atoms with E-state index in [-0.39, 0.29) is 0 Å². The Labute approximate surface area is 98.7 Å². The minimum Gasteiger partial charge on any atom is -0.399 e. The van der Waals surface area contributed by atoms with E-state index in [1.165, 1.54) is 0 Å². The molecule has 0 bridgehead atoms. The number of nitrogen functional groups attached to an aromatic ring is 1. The molecule has 1 aromatic carbocycles. The molecule has 0 radical (unpaired) electrons. The van der Waals surface area contributed by atoms with Crippen LogP contribution in [0.5, 0.6) is 0 Å². The number of hydrogen-bond acceptors (Lipinski definition) is 3. The summed E-state index contributed by atoms with van der Waals surface area (Å²) in [5, 5.41) is 1.07. The van der Waals surface area contributed by atoms with E-state index in [0.29, 0.717) is 0 Å². The van der Waals surface area contributed by atoms with Crippen LogP contribution >= 0.6 is 0 Å². The van der Waals surface area contributed by atoms with Gasteiger partial charge in [-0.1, -0.05) is 0 Å². The van der Waals surface area contributed by atoms with Gasteiger partial charge in [0.2, 0.25) is 0 Å². The summed E-state index contributed by atoms with van der Waals surface area (Å²) in [5.41, 5.74) is 8.46. The molecule has 0 atom stereocenters. The molecular weight excluding hydrogens is 212 g/mol. The van der Waals surface area contributed by atoms with Gasteiger partial charge in [-0.3, -0.25) is 4.98 Å². The Kier molecular flexibility index (Phi) is 2.08. The van der Waals surface area contributed by atoms with E-state index in [0.717, 1.165) is 28.1 Å². The monoisotopic (exact) mass is 224 g/mol. The Hall–Kier alpha value is -2.36. The van der Waals surface area contributed by atoms with Crippen molar-refractivity contribution in [3.8, 4) is 5.69 Å². The molecule has 0 aliphatic rings. The predicted octanol–water partition coefficient (Wildman–Crippen LogP) is 2.31. The average molecular weight is 224 g/mol. The molecule has 0 aliphatic carbocycles. The highest BCUT2D eigenvalue weighted by atomic mass is 15.1. The summed E-state index contributed by atoms with van der Waals surface area (Å²) < 4.78 is 2.04. The molecule has 2 aromatic heterocycles. The fourth-order valence-corrected chi connectivity index (χ4v) is 1.99. The van der Waals surface area contributed by atoms with Gasteiger partial charge >= 0.3 is 0 Å². The highest BCUT2D eigenvalue weighted by molar-refractivity contribution is 5.89. The molecule has 3 rings (SSSR count). The Balaban J connectivity index is 2.34. The lowest BCUT2D eigenvalue weighted by Crippen LogP contribution is -1.97. The summed E-state index contributed by atoms with van der Waals surface area (Å²) in [6, 6.07) is 7.74. The standard InChI is InChI=1S/C13H12N4/c1-9-15-6-7-17(9)13-4-5-16-12-8-10(14)2-3-11(12)13/h2-8H,14H2,1H3. The van der Waals surface area contributed by atoms with Crippen molar-refractivity contribution in [2.75, 3.05) is 5.73 Å². The number of nitrogens with zero attached hydrogens (tertiary/aromatic N) is 3. The highest BCUT2D eigenvalue weighted by Gasteiger charge is 2.06. The second kappa shape index (κ2) is 3.59. The Morgan fingerprint density at radius 1 is 1.12 bits per heavy atom. The summed E-state index contributed by atoms with van der Waals surface area (Å²) in [5.74, 6) is 0.953. The van der Waals surface area contributed by atoms with Gasteiger partial charge in [0, 0.05) is 29.7 Å². The van der Waals surface area contributed by atoms with Crippen LogP contribution in [0.25, 0.3) is 16.6 Å². The summed E-state index contributed by atoms with van der Waals surface area (Å²) in [6.45, 7) is 1.98. The zero-order valence-corrected chi connectivity index (χ0v) is 9.46. The van der Waals surface area contributed by atoms with Gasteiger partial charge in [0.15, 0.2) is 0 Å². The van der Waals surface area contributed by atoms with Crippen LogP contribution in [0.1, 0.15) is 5.82 Å². The maximum atomic E-state index is 5.76. The van der Waals surface area contributed by atoms with Crippen molar-refractivity contribution < 1.29 is 0 Å². The van der Waals surface area contributed by atoms with Crippen LogP contribution in [0.3, 0.4) is 0 Å². The predicted molar refractivity (Wildman–Crippen MR) is 68.0 cm³/mol. The van der Waals surface area contributed by atoms with Crippen molar-refractivity contribution in [3.05, 3.63) is 48.7 Å². The summed E-state index contributed by atoms with van der Waals surface area (Å²) in [4.78, 5) is 8.56. The summed E-state index contributed by atoms with van der Waals surface area (Å²) >= 11 is 0. The largest absolute Gasteiger partial charge is 0.399 e. The van der Waals surface area contributed by atoms with Gasteiger partial charge in [-0.15, -0.1) is 0 Å². The first-order valence-electron chi connectivity index (χ1n) is 5.40. The van der Waals surface area contributed by atoms with E-state index in [1.54, 1.807) is 12.4 Å². The first-order chi connectivity index (χ1) is 8.25. The van der Waals surface area contributed by atoms with Crippen molar-refractivity contribution in [2.24, 2.45) is 0 Å². The minimum atomic E-state index is 0.726. The SMILES string of the molecule is Cc1nccn1-c1ccnc2cc(N)ccc12. The number of pyridine rings is 1. The molecule has 84 valence electrons. The van der Waals surface area contributed by atoms with Crippen LogP contribution in [-0.4, -0.2) is 14.5 Å². The van der Waals surface area contributed by atoms with E-state index in [4.69, 9.17) is 5.73 Å². The van der Waals surface area contributed by atoms with Gasteiger partial charge in [-0.05, 0) is 31.2 Å². The van der Waals surface area contributed by atoms with Crippen LogP contribution in [0.15, 0.2) is 42.9 Å². The van der Waals surface area contributed by atoms with Crippen LogP contribution in [-0.2, 0) is 0 Å². The van der Waals surface area contributed by atoms with E-state index in [9.17, 15) is 0 Å². The smallest absolute Gasteiger partial charge is 0.110 e. The molecule has 4 nitrogen and oxygen atoms in total. The lowest BCUT2D eigenvalue weighted by molar-refractivity contribution is 0.980. The van der Waals surface area contributed by atoms with Crippen LogP contribution < -0.4 is 5.73 Å². The van der Waals surface area contributed by atoms with Gasteiger partial charge in [-0.25, -0.2) is 4.98 Å². The number of nitrogens with two attached hydrogens (primary N) is 1. The molecule has 0 spiro atoms. The third-order valence-electron chi connectivity index (χ3n) is 2.83. The highest BCUT2D eigenvalue weighted by Crippen LogP contribution is 2.23. The third kappa shape index (κ3) is 1.54. The van der Waals surface area contributed by atoms with Gasteiger partial charge < -0.3 is 10.3 Å². The topological polar surface area (TPSA) is 56.7 Å². The van der Waals surface area contributed by atoms with Crippen molar-refractivity contribution in [2.45, 2.75) is 6.92 Å². The minimum absolute atomic E-state index is 0.726. The third-order valence-corrected chi connectivity index (χ3v) is 2.83. The number of fused-ring (bicyclic) bond motifs is 1. The molecule has 0 aliphatic heterocycles. The number of aryl methyl sites for hydroxylation is 1. The summed E-state index contributed by atoms with van der Waals surface area (Å²) in [6.07, 6.45) is 5.52. The lowest BCUT2D eigenvalue weighted by atomic mass is 10.1. The molecule has 2 heterocycles. The van der Waals surface area contributed by atoms with Crippen molar-refractivity contribution in [3.63, 3.8) is 0 Å². The van der Waals surface area contributed by atoms with Gasteiger partial charge in [0.1, 0.15) is 5.82 Å². The van der Waals surface area contributed by atoms with Crippen molar-refractivity contribution >= 4 is 16.6 Å². The zero-order chi connectivity index (χ0) is 11.8. The maximum Gasteiger partial charge on any atom is 0.110 e. The van der Waals surface area contributed by atoms with Crippen LogP contribution in [0.2, 0.25) is 0 Å². The second-order valence-electron chi connectivity index (χ2n) is 3.95. The number of anilines is 1. The molecule has 0 saturated carbocycles. The van der Waals surface area contributed by atoms with Gasteiger partial charge in [0.05, 0.1) is 11.2 Å². The molecule has 0 saturated heterocycles. The normalized spacial score (nSPS) is 10.9. The molecule has 17 heavy (non-hydrogen) atoms. The molecular formula is C13H12N4. The summed E-state index contributed by atoms with van der Waals surface area (Å²) in [7, 11) is 0. The number of aromatic nitrogens is 3. The number of hydrogen-bond donors (Lipinski definition) is 1. The molecule has 2 N–H and O–H groups in total. The molecule has 0 unspecified atom stereocenters. The molecule has 4 heteroatoms. The maximum absolute atomic E-state index is 5.76. The van der Waals surface area contributed by atoms with Gasteiger partial charge in [-0.2, -0.15) is 0 Å². The molecule has 0 amide bonds. The second-order valence-corrected chi connectivity index (χ2v) is 3.95. The molecule has 3 aromatic rings. The number of rotatable bonds is 1. The zero-order valence-electron chi connectivity index (χ0n) is 9.46. The Morgan fingerprint density at radius 3 is 2.76 bits per heavy atom. The van der Waals surface area contributed by atoms with E-state index >= 15 is 0 Å². The average Bonchev–Trinajstić information content (AvgIpc) is 2.74. The Bertz CT molecular complexity index is 685. The quantitative estimate of drug-likeness (QED) is 0.645. The van der Waals surface area contributed by atoms with Crippen LogP contribution in [0.4, 0.5) is 5.69 Å². The van der Waals surface area contributed by atoms with Crippen molar-refractivity contribution in [1.82, 2.24) is 14.5 Å². The fourth-order valence-electron chi connectivity index (χ4n) is 1.99. The van der Waals surface area contributed by atoms with E-state index in [1.807, 2.05) is 42.0 Å². The first-order valence-corrected chi connectivity index (χ1v) is 5.40. The van der Waals surface area contributed by atoms with Gasteiger partial charge in [0.25, 0.3) is 0 Å².